The molecule has 19 heavy (non-hydrogen) atoms. The van der Waals surface area contributed by atoms with E-state index in [4.69, 9.17) is 17.2 Å². The molecule has 1 heterocycles. The summed E-state index contributed by atoms with van der Waals surface area (Å²) in [4.78, 5) is 8.91. The minimum absolute atomic E-state index is 0.291. The fourth-order valence-corrected chi connectivity index (χ4v) is 2.57. The smallest absolute Gasteiger partial charge is 0.196 e. The number of halogens is 1. The van der Waals surface area contributed by atoms with Gasteiger partial charge in [0.2, 0.25) is 0 Å². The standard InChI is InChI=1S/C12H14FN5S/c1-6(14)8-4-7(13)2-3-9(8)19-12-17-10(15)5-11(16)18-12/h2-6H,14H2,1H3,(H4,15,16,17,18). The fourth-order valence-electron chi connectivity index (χ4n) is 1.57. The molecule has 0 aliphatic rings. The quantitative estimate of drug-likeness (QED) is 0.742. The van der Waals surface area contributed by atoms with Gasteiger partial charge in [0.25, 0.3) is 0 Å². The Morgan fingerprint density at radius 2 is 1.79 bits per heavy atom. The molecule has 5 nitrogen and oxygen atoms in total. The van der Waals surface area contributed by atoms with Crippen molar-refractivity contribution in [2.75, 3.05) is 11.5 Å². The average Bonchev–Trinajstić information content (AvgIpc) is 2.30. The van der Waals surface area contributed by atoms with Crippen LogP contribution >= 0.6 is 11.8 Å². The molecular weight excluding hydrogens is 265 g/mol. The van der Waals surface area contributed by atoms with Gasteiger partial charge < -0.3 is 17.2 Å². The van der Waals surface area contributed by atoms with Gasteiger partial charge in [-0.05, 0) is 42.4 Å². The van der Waals surface area contributed by atoms with Gasteiger partial charge in [-0.1, -0.05) is 0 Å². The van der Waals surface area contributed by atoms with E-state index in [-0.39, 0.29) is 11.9 Å². The van der Waals surface area contributed by atoms with Gasteiger partial charge in [0, 0.05) is 17.0 Å². The third-order valence-electron chi connectivity index (χ3n) is 2.41. The minimum atomic E-state index is -0.329. The molecule has 0 amide bonds. The van der Waals surface area contributed by atoms with Crippen LogP contribution in [-0.2, 0) is 0 Å². The van der Waals surface area contributed by atoms with E-state index in [0.29, 0.717) is 22.4 Å². The Kier molecular flexibility index (Phi) is 3.87. The lowest BCUT2D eigenvalue weighted by Gasteiger charge is -2.12. The van der Waals surface area contributed by atoms with E-state index in [1.807, 2.05) is 0 Å². The lowest BCUT2D eigenvalue weighted by molar-refractivity contribution is 0.619. The second kappa shape index (κ2) is 5.41. The minimum Gasteiger partial charge on any atom is -0.383 e. The first-order chi connectivity index (χ1) is 8.95. The Morgan fingerprint density at radius 3 is 2.37 bits per heavy atom. The van der Waals surface area contributed by atoms with Crippen LogP contribution in [-0.4, -0.2) is 9.97 Å². The molecule has 1 unspecified atom stereocenters. The number of nitrogens with zero attached hydrogens (tertiary/aromatic N) is 2. The summed E-state index contributed by atoms with van der Waals surface area (Å²) in [6, 6.07) is 5.59. The van der Waals surface area contributed by atoms with Crippen molar-refractivity contribution in [3.05, 3.63) is 35.6 Å². The van der Waals surface area contributed by atoms with E-state index >= 15 is 0 Å². The lowest BCUT2D eigenvalue weighted by Crippen LogP contribution is -2.07. The molecule has 1 aromatic heterocycles. The number of hydrogen-bond donors (Lipinski definition) is 3. The molecule has 1 atom stereocenters. The van der Waals surface area contributed by atoms with Crippen LogP contribution in [0.1, 0.15) is 18.5 Å². The average molecular weight is 279 g/mol. The zero-order chi connectivity index (χ0) is 14.0. The van der Waals surface area contributed by atoms with E-state index in [1.54, 1.807) is 13.0 Å². The second-order valence-electron chi connectivity index (χ2n) is 4.07. The van der Waals surface area contributed by atoms with Crippen LogP contribution in [0, 0.1) is 5.82 Å². The highest BCUT2D eigenvalue weighted by molar-refractivity contribution is 7.99. The molecular formula is C12H14FN5S. The van der Waals surface area contributed by atoms with Crippen molar-refractivity contribution in [2.24, 2.45) is 5.73 Å². The van der Waals surface area contributed by atoms with Gasteiger partial charge in [0.1, 0.15) is 17.5 Å². The molecule has 1 aromatic carbocycles. The third kappa shape index (κ3) is 3.33. The molecule has 0 aliphatic carbocycles. The summed E-state index contributed by atoms with van der Waals surface area (Å²) in [5.41, 5.74) is 17.7. The summed E-state index contributed by atoms with van der Waals surface area (Å²) < 4.78 is 13.2. The van der Waals surface area contributed by atoms with Gasteiger partial charge in [0.15, 0.2) is 5.16 Å². The molecule has 2 aromatic rings. The van der Waals surface area contributed by atoms with Gasteiger partial charge in [-0.3, -0.25) is 0 Å². The highest BCUT2D eigenvalue weighted by Crippen LogP contribution is 2.32. The summed E-state index contributed by atoms with van der Waals surface area (Å²) in [6.45, 7) is 1.79. The van der Waals surface area contributed by atoms with Gasteiger partial charge in [-0.15, -0.1) is 0 Å². The molecule has 2 rings (SSSR count). The summed E-state index contributed by atoms with van der Waals surface area (Å²) >= 11 is 1.25. The van der Waals surface area contributed by atoms with Crippen LogP contribution < -0.4 is 17.2 Å². The van der Waals surface area contributed by atoms with Crippen LogP contribution in [0.15, 0.2) is 34.3 Å². The first kappa shape index (κ1) is 13.6. The van der Waals surface area contributed by atoms with Gasteiger partial charge in [0.05, 0.1) is 0 Å². The number of rotatable bonds is 3. The fraction of sp³-hybridized carbons (Fsp3) is 0.167. The zero-order valence-corrected chi connectivity index (χ0v) is 11.1. The highest BCUT2D eigenvalue weighted by atomic mass is 32.2. The predicted molar refractivity (Wildman–Crippen MR) is 74.0 cm³/mol. The van der Waals surface area contributed by atoms with E-state index < -0.39 is 0 Å². The molecule has 0 bridgehead atoms. The summed E-state index contributed by atoms with van der Waals surface area (Å²) in [5.74, 6) is 0.253. The van der Waals surface area contributed by atoms with Crippen molar-refractivity contribution in [1.29, 1.82) is 0 Å². The van der Waals surface area contributed by atoms with Crippen LogP contribution in [0.3, 0.4) is 0 Å². The molecule has 0 aliphatic heterocycles. The Labute approximate surface area is 114 Å². The Morgan fingerprint density at radius 1 is 1.16 bits per heavy atom. The molecule has 0 radical (unpaired) electrons. The SMILES string of the molecule is CC(N)c1cc(F)ccc1Sc1nc(N)cc(N)n1. The van der Waals surface area contributed by atoms with Crippen molar-refractivity contribution >= 4 is 23.4 Å². The molecule has 0 saturated heterocycles. The summed E-state index contributed by atoms with van der Waals surface area (Å²) in [6.07, 6.45) is 0. The van der Waals surface area contributed by atoms with Gasteiger partial charge >= 0.3 is 0 Å². The molecule has 0 fully saturated rings. The number of nitrogens with two attached hydrogens (primary N) is 3. The van der Waals surface area contributed by atoms with Crippen LogP contribution in [0.4, 0.5) is 16.0 Å². The first-order valence-electron chi connectivity index (χ1n) is 5.58. The Hall–Kier alpha value is -1.86. The zero-order valence-electron chi connectivity index (χ0n) is 10.3. The molecule has 6 N–H and O–H groups in total. The summed E-state index contributed by atoms with van der Waals surface area (Å²) in [7, 11) is 0. The van der Waals surface area contributed by atoms with Gasteiger partial charge in [-0.2, -0.15) is 0 Å². The van der Waals surface area contributed by atoms with E-state index in [2.05, 4.69) is 9.97 Å². The third-order valence-corrected chi connectivity index (χ3v) is 3.37. The predicted octanol–water partition coefficient (Wildman–Crippen LogP) is 1.95. The maximum absolute atomic E-state index is 13.2. The van der Waals surface area contributed by atoms with Crippen molar-refractivity contribution in [3.63, 3.8) is 0 Å². The normalized spacial score (nSPS) is 12.4. The maximum atomic E-state index is 13.2. The van der Waals surface area contributed by atoms with E-state index in [0.717, 1.165) is 4.90 Å². The topological polar surface area (TPSA) is 104 Å². The monoisotopic (exact) mass is 279 g/mol. The number of anilines is 2. The number of nitrogen functional groups attached to an aromatic ring is 2. The molecule has 0 spiro atoms. The van der Waals surface area contributed by atoms with E-state index in [1.165, 1.54) is 30.0 Å². The number of aromatic nitrogens is 2. The van der Waals surface area contributed by atoms with Crippen molar-refractivity contribution < 1.29 is 4.39 Å². The van der Waals surface area contributed by atoms with E-state index in [9.17, 15) is 4.39 Å². The number of hydrogen-bond acceptors (Lipinski definition) is 6. The Bertz CT molecular complexity index is 582. The molecule has 7 heteroatoms. The van der Waals surface area contributed by atoms with Crippen molar-refractivity contribution in [2.45, 2.75) is 23.0 Å². The van der Waals surface area contributed by atoms with Crippen LogP contribution in [0.25, 0.3) is 0 Å². The highest BCUT2D eigenvalue weighted by Gasteiger charge is 2.12. The maximum Gasteiger partial charge on any atom is 0.196 e. The molecule has 0 saturated carbocycles. The lowest BCUT2D eigenvalue weighted by atomic mass is 10.1. The largest absolute Gasteiger partial charge is 0.383 e. The number of benzene rings is 1. The second-order valence-corrected chi connectivity index (χ2v) is 5.08. The van der Waals surface area contributed by atoms with Gasteiger partial charge in [-0.25, -0.2) is 14.4 Å². The molecule has 100 valence electrons. The summed E-state index contributed by atoms with van der Waals surface area (Å²) in [5, 5.41) is 0.408. The van der Waals surface area contributed by atoms with Crippen molar-refractivity contribution in [1.82, 2.24) is 9.97 Å². The van der Waals surface area contributed by atoms with Crippen LogP contribution in [0.5, 0.6) is 0 Å². The van der Waals surface area contributed by atoms with Crippen LogP contribution in [0.2, 0.25) is 0 Å². The van der Waals surface area contributed by atoms with Crippen molar-refractivity contribution in [3.8, 4) is 0 Å². The Balaban J connectivity index is 2.37. The first-order valence-corrected chi connectivity index (χ1v) is 6.40.